The zero-order valence-corrected chi connectivity index (χ0v) is 19.6. The predicted molar refractivity (Wildman–Crippen MR) is 132 cm³/mol. The number of fused-ring (bicyclic) bond motifs is 1. The number of hydrogen-bond donors (Lipinski definition) is 1. The van der Waals surface area contributed by atoms with E-state index < -0.39 is 5.54 Å². The van der Waals surface area contributed by atoms with Crippen molar-refractivity contribution < 1.29 is 9.59 Å². The molecule has 2 aromatic heterocycles. The highest BCUT2D eigenvalue weighted by atomic mass is 16.2. The molecule has 0 radical (unpaired) electrons. The van der Waals surface area contributed by atoms with Gasteiger partial charge in [-0.3, -0.25) is 14.7 Å². The summed E-state index contributed by atoms with van der Waals surface area (Å²) in [7, 11) is 1.94. The molecule has 2 fully saturated rings. The van der Waals surface area contributed by atoms with Crippen molar-refractivity contribution in [1.29, 1.82) is 0 Å². The van der Waals surface area contributed by atoms with Crippen molar-refractivity contribution in [2.24, 2.45) is 7.05 Å². The van der Waals surface area contributed by atoms with Crippen molar-refractivity contribution in [1.82, 2.24) is 29.5 Å². The van der Waals surface area contributed by atoms with Crippen molar-refractivity contribution in [2.45, 2.75) is 24.9 Å². The molecular formula is C26H27N7O2. The minimum absolute atomic E-state index is 0.00970. The summed E-state index contributed by atoms with van der Waals surface area (Å²) in [6, 6.07) is 15.7. The summed E-state index contributed by atoms with van der Waals surface area (Å²) < 4.78 is 1.95. The van der Waals surface area contributed by atoms with Gasteiger partial charge in [0.05, 0.1) is 24.9 Å². The SMILES string of the molecule is Cn1ccnc1CN1CN(c2ccccc2)C2(CCN(C(=O)c3ccc4[nH]ncc4c3)CC2)C1=O. The first kappa shape index (κ1) is 21.4. The van der Waals surface area contributed by atoms with Crippen molar-refractivity contribution in [3.05, 3.63) is 78.5 Å². The molecule has 4 aromatic rings. The fraction of sp³-hybridized carbons (Fsp3) is 0.308. The van der Waals surface area contributed by atoms with Gasteiger partial charge >= 0.3 is 0 Å². The molecule has 6 rings (SSSR count). The fourth-order valence-corrected chi connectivity index (χ4v) is 5.38. The van der Waals surface area contributed by atoms with E-state index in [-0.39, 0.29) is 11.8 Å². The van der Waals surface area contributed by atoms with Gasteiger partial charge in [-0.25, -0.2) is 4.98 Å². The molecule has 0 saturated carbocycles. The molecular weight excluding hydrogens is 442 g/mol. The van der Waals surface area contributed by atoms with Gasteiger partial charge in [-0.1, -0.05) is 18.2 Å². The molecule has 9 nitrogen and oxygen atoms in total. The van der Waals surface area contributed by atoms with Crippen LogP contribution in [-0.4, -0.2) is 66.7 Å². The number of carbonyl (C=O) groups is 2. The maximum absolute atomic E-state index is 13.9. The number of nitrogens with one attached hydrogen (secondary N) is 1. The van der Waals surface area contributed by atoms with Gasteiger partial charge < -0.3 is 19.3 Å². The van der Waals surface area contributed by atoms with Crippen LogP contribution in [0.4, 0.5) is 5.69 Å². The maximum Gasteiger partial charge on any atom is 0.253 e. The smallest absolute Gasteiger partial charge is 0.253 e. The Morgan fingerprint density at radius 3 is 2.66 bits per heavy atom. The number of anilines is 1. The Kier molecular flexibility index (Phi) is 5.05. The Morgan fingerprint density at radius 2 is 1.91 bits per heavy atom. The summed E-state index contributed by atoms with van der Waals surface area (Å²) in [5, 5.41) is 7.87. The molecule has 35 heavy (non-hydrogen) atoms. The number of rotatable bonds is 4. The van der Waals surface area contributed by atoms with Crippen LogP contribution in [0.2, 0.25) is 0 Å². The number of nitrogens with zero attached hydrogens (tertiary/aromatic N) is 6. The number of benzene rings is 2. The van der Waals surface area contributed by atoms with Crippen LogP contribution in [0.25, 0.3) is 10.9 Å². The van der Waals surface area contributed by atoms with Crippen LogP contribution in [0.1, 0.15) is 29.0 Å². The van der Waals surface area contributed by atoms with Gasteiger partial charge in [0, 0.05) is 49.2 Å². The number of amides is 2. The normalized spacial score (nSPS) is 17.6. The quantitative estimate of drug-likeness (QED) is 0.496. The number of carbonyl (C=O) groups excluding carboxylic acids is 2. The van der Waals surface area contributed by atoms with Gasteiger partial charge in [-0.05, 0) is 43.2 Å². The van der Waals surface area contributed by atoms with Crippen molar-refractivity contribution in [3.8, 4) is 0 Å². The van der Waals surface area contributed by atoms with E-state index in [1.54, 1.807) is 12.4 Å². The number of aromatic amines is 1. The second-order valence-corrected chi connectivity index (χ2v) is 9.36. The molecule has 2 aromatic carbocycles. The van der Waals surface area contributed by atoms with E-state index in [9.17, 15) is 9.59 Å². The second kappa shape index (κ2) is 8.26. The van der Waals surface area contributed by atoms with E-state index in [4.69, 9.17) is 0 Å². The Hall–Kier alpha value is -4.14. The van der Waals surface area contributed by atoms with E-state index in [0.717, 1.165) is 22.4 Å². The van der Waals surface area contributed by atoms with E-state index in [1.165, 1.54) is 0 Å². The molecule has 0 aliphatic carbocycles. The lowest BCUT2D eigenvalue weighted by molar-refractivity contribution is -0.134. The van der Waals surface area contributed by atoms with Gasteiger partial charge in [0.15, 0.2) is 0 Å². The Morgan fingerprint density at radius 1 is 1.11 bits per heavy atom. The number of para-hydroxylation sites is 1. The van der Waals surface area contributed by atoms with Crippen LogP contribution in [0, 0.1) is 0 Å². The molecule has 0 unspecified atom stereocenters. The Balaban J connectivity index is 1.25. The monoisotopic (exact) mass is 469 g/mol. The summed E-state index contributed by atoms with van der Waals surface area (Å²) in [5.41, 5.74) is 1.90. The first-order chi connectivity index (χ1) is 17.0. The van der Waals surface area contributed by atoms with Crippen LogP contribution in [0.3, 0.4) is 0 Å². The average molecular weight is 470 g/mol. The zero-order valence-electron chi connectivity index (χ0n) is 19.6. The van der Waals surface area contributed by atoms with Crippen LogP contribution >= 0.6 is 0 Å². The van der Waals surface area contributed by atoms with Crippen molar-refractivity contribution in [3.63, 3.8) is 0 Å². The third kappa shape index (κ3) is 3.54. The molecule has 9 heteroatoms. The van der Waals surface area contributed by atoms with E-state index in [1.807, 2.05) is 64.0 Å². The van der Waals surface area contributed by atoms with Gasteiger partial charge in [-0.15, -0.1) is 0 Å². The van der Waals surface area contributed by atoms with E-state index >= 15 is 0 Å². The molecule has 4 heterocycles. The van der Waals surface area contributed by atoms with Crippen LogP contribution in [0.15, 0.2) is 67.1 Å². The lowest BCUT2D eigenvalue weighted by atomic mass is 9.85. The van der Waals surface area contributed by atoms with Gasteiger partial charge in [-0.2, -0.15) is 5.10 Å². The second-order valence-electron chi connectivity index (χ2n) is 9.36. The van der Waals surface area contributed by atoms with Crippen LogP contribution < -0.4 is 4.90 Å². The molecule has 2 saturated heterocycles. The van der Waals surface area contributed by atoms with Crippen molar-refractivity contribution in [2.75, 3.05) is 24.7 Å². The molecule has 2 amide bonds. The standard InChI is InChI=1S/C26H27N7O2/c1-30-14-11-27-23(30)17-32-18-33(21-5-3-2-4-6-21)26(25(32)35)9-12-31(13-10-26)24(34)19-7-8-22-20(15-19)16-28-29-22/h2-8,11,14-16H,9-10,12-13,17-18H2,1H3,(H,28,29). The summed E-state index contributed by atoms with van der Waals surface area (Å²) in [5.74, 6) is 0.950. The number of hydrogen-bond acceptors (Lipinski definition) is 5. The summed E-state index contributed by atoms with van der Waals surface area (Å²) in [4.78, 5) is 37.6. The number of imidazole rings is 1. The van der Waals surface area contributed by atoms with Gasteiger partial charge in [0.25, 0.3) is 5.91 Å². The van der Waals surface area contributed by atoms with Gasteiger partial charge in [0.2, 0.25) is 5.91 Å². The molecule has 0 bridgehead atoms. The molecule has 2 aliphatic rings. The molecule has 0 atom stereocenters. The summed E-state index contributed by atoms with van der Waals surface area (Å²) in [6.07, 6.45) is 6.54. The predicted octanol–water partition coefficient (Wildman–Crippen LogP) is 2.78. The highest BCUT2D eigenvalue weighted by molar-refractivity contribution is 5.98. The number of H-pyrrole nitrogens is 1. The highest BCUT2D eigenvalue weighted by Gasteiger charge is 2.54. The number of aryl methyl sites for hydroxylation is 1. The Labute approximate surface area is 203 Å². The average Bonchev–Trinajstić information content (AvgIpc) is 3.59. The van der Waals surface area contributed by atoms with Gasteiger partial charge in [0.1, 0.15) is 11.4 Å². The van der Waals surface area contributed by atoms with E-state index in [2.05, 4.69) is 32.2 Å². The minimum Gasteiger partial charge on any atom is -0.339 e. The Bertz CT molecular complexity index is 1380. The van der Waals surface area contributed by atoms with E-state index in [0.29, 0.717) is 44.7 Å². The first-order valence-corrected chi connectivity index (χ1v) is 11.9. The first-order valence-electron chi connectivity index (χ1n) is 11.9. The third-order valence-electron chi connectivity index (χ3n) is 7.40. The molecule has 1 N–H and O–H groups in total. The lowest BCUT2D eigenvalue weighted by Gasteiger charge is -2.43. The van der Waals surface area contributed by atoms with Crippen LogP contribution in [0.5, 0.6) is 0 Å². The largest absolute Gasteiger partial charge is 0.339 e. The lowest BCUT2D eigenvalue weighted by Crippen LogP contribution is -2.57. The summed E-state index contributed by atoms with van der Waals surface area (Å²) >= 11 is 0. The topological polar surface area (TPSA) is 90.4 Å². The third-order valence-corrected chi connectivity index (χ3v) is 7.40. The number of piperidine rings is 1. The zero-order chi connectivity index (χ0) is 24.0. The molecule has 2 aliphatic heterocycles. The van der Waals surface area contributed by atoms with Crippen molar-refractivity contribution >= 4 is 28.4 Å². The minimum atomic E-state index is -0.669. The highest BCUT2D eigenvalue weighted by Crippen LogP contribution is 2.40. The fourth-order valence-electron chi connectivity index (χ4n) is 5.38. The molecule has 1 spiro atoms. The molecule has 178 valence electrons. The maximum atomic E-state index is 13.9. The number of likely N-dealkylation sites (tertiary alicyclic amines) is 1. The number of aromatic nitrogens is 4. The van der Waals surface area contributed by atoms with Crippen LogP contribution in [-0.2, 0) is 18.4 Å². The summed E-state index contributed by atoms with van der Waals surface area (Å²) in [6.45, 7) is 2.00.